The zero-order valence-corrected chi connectivity index (χ0v) is 36.9. The standard InChI is InChI=1S/C52H55BFNO10/c1-4-61-46-26-15-37(16-27-46)29-42-30-43(21-28-47(42)54)52(56)50(63-34-39-13-9-6-10-14-39)48(62-33-38-11-7-5-8-12-38)49(64-53-55)51(65-52,35-59-31-40-17-22-44(57-2)23-18-40)36-60-32-41-19-24-45(58-3)25-20-41/h5-28,30,48-50,55-56H,4,29,31-36H2,1-3H3/t48-,49-,50?,52?/m0/s1. The quantitative estimate of drug-likeness (QED) is 0.0602. The number of rotatable bonds is 23. The number of halogens is 1. The van der Waals surface area contributed by atoms with Crippen molar-refractivity contribution in [2.45, 2.75) is 69.5 Å². The molecular formula is C52H55BFNO10. The van der Waals surface area contributed by atoms with Gasteiger partial charge in [-0.05, 0) is 6.92 Å². The Hall–Kier alpha value is -5.93. The predicted molar refractivity (Wildman–Crippen MR) is 243 cm³/mol. The second-order valence-corrected chi connectivity index (χ2v) is 15.8. The van der Waals surface area contributed by atoms with E-state index in [0.29, 0.717) is 29.4 Å². The molecule has 0 spiro atoms. The van der Waals surface area contributed by atoms with Crippen LogP contribution in [0.1, 0.15) is 45.9 Å². The summed E-state index contributed by atoms with van der Waals surface area (Å²) in [6.45, 7) is 2.39. The molecule has 2 unspecified atom stereocenters. The second kappa shape index (κ2) is 22.8. The molecule has 11 nitrogen and oxygen atoms in total. The van der Waals surface area contributed by atoms with E-state index in [1.807, 2.05) is 140 Å². The molecule has 1 aliphatic heterocycles. The van der Waals surface area contributed by atoms with Crippen molar-refractivity contribution in [3.05, 3.63) is 196 Å². The molecule has 0 amide bonds. The Kier molecular flexibility index (Phi) is 16.5. The summed E-state index contributed by atoms with van der Waals surface area (Å²) in [6.07, 6.45) is -3.43. The maximum atomic E-state index is 16.0. The molecule has 4 atom stereocenters. The first-order valence-corrected chi connectivity index (χ1v) is 21.6. The zero-order chi connectivity index (χ0) is 45.5. The van der Waals surface area contributed by atoms with Crippen molar-refractivity contribution >= 4 is 7.27 Å². The Morgan fingerprint density at radius 3 is 1.65 bits per heavy atom. The fourth-order valence-electron chi connectivity index (χ4n) is 7.93. The molecular weight excluding hydrogens is 828 g/mol. The Balaban J connectivity index is 1.34. The Labute approximate surface area is 380 Å². The van der Waals surface area contributed by atoms with Gasteiger partial charge in [0.1, 0.15) is 5.75 Å². The van der Waals surface area contributed by atoms with Gasteiger partial charge in [0.05, 0.1) is 6.61 Å². The molecule has 13 heteroatoms. The van der Waals surface area contributed by atoms with Gasteiger partial charge in [0.15, 0.2) is 0 Å². The maximum absolute atomic E-state index is 16.0. The van der Waals surface area contributed by atoms with Crippen LogP contribution in [-0.4, -0.2) is 70.3 Å². The molecule has 6 aromatic carbocycles. The Morgan fingerprint density at radius 1 is 0.615 bits per heavy atom. The van der Waals surface area contributed by atoms with Gasteiger partial charge in [-0.15, -0.1) is 0 Å². The average Bonchev–Trinajstić information content (AvgIpc) is 3.34. The summed E-state index contributed by atoms with van der Waals surface area (Å²) in [5.41, 5.74) is 2.99. The van der Waals surface area contributed by atoms with Crippen LogP contribution in [0.4, 0.5) is 4.39 Å². The molecule has 0 radical (unpaired) electrons. The van der Waals surface area contributed by atoms with Crippen molar-refractivity contribution in [3.8, 4) is 17.2 Å². The van der Waals surface area contributed by atoms with Gasteiger partial charge in [-0.3, -0.25) is 0 Å². The number of ether oxygens (including phenoxy) is 8. The predicted octanol–water partition coefficient (Wildman–Crippen LogP) is 9.12. The summed E-state index contributed by atoms with van der Waals surface area (Å²) in [5.74, 6) is -0.733. The van der Waals surface area contributed by atoms with Crippen LogP contribution in [0.3, 0.4) is 0 Å². The first kappa shape index (κ1) is 47.0. The number of methoxy groups -OCH3 is 2. The van der Waals surface area contributed by atoms with Crippen LogP contribution >= 0.6 is 0 Å². The number of benzene rings is 6. The van der Waals surface area contributed by atoms with Crippen LogP contribution < -0.4 is 14.2 Å². The van der Waals surface area contributed by atoms with Gasteiger partial charge in [-0.1, -0.05) is 0 Å². The molecule has 2 N–H and O–H groups in total. The molecule has 1 saturated heterocycles. The first-order valence-electron chi connectivity index (χ1n) is 21.6. The van der Waals surface area contributed by atoms with Gasteiger partial charge in [0, 0.05) is 0 Å². The topological polar surface area (TPSA) is 127 Å². The molecule has 7 rings (SSSR count). The summed E-state index contributed by atoms with van der Waals surface area (Å²) in [6, 6.07) is 45.8. The van der Waals surface area contributed by atoms with Gasteiger partial charge in [-0.2, -0.15) is 0 Å². The number of nitrogens with one attached hydrogen (secondary N) is 1. The van der Waals surface area contributed by atoms with Gasteiger partial charge in [0.25, 0.3) is 0 Å². The molecule has 0 aromatic heterocycles. The van der Waals surface area contributed by atoms with Crippen molar-refractivity contribution in [2.24, 2.45) is 0 Å². The van der Waals surface area contributed by atoms with E-state index in [-0.39, 0.29) is 51.6 Å². The molecule has 0 aliphatic carbocycles. The summed E-state index contributed by atoms with van der Waals surface area (Å²) >= 11 is 0. The molecule has 1 fully saturated rings. The van der Waals surface area contributed by atoms with Crippen molar-refractivity contribution in [3.63, 3.8) is 0 Å². The number of hydrogen-bond acceptors (Lipinski definition) is 11. The monoisotopic (exact) mass is 883 g/mol. The molecule has 6 aromatic rings. The van der Waals surface area contributed by atoms with Gasteiger partial charge >= 0.3 is 358 Å². The zero-order valence-electron chi connectivity index (χ0n) is 36.9. The summed E-state index contributed by atoms with van der Waals surface area (Å²) in [4.78, 5) is 0. The van der Waals surface area contributed by atoms with Crippen molar-refractivity contribution < 1.29 is 52.0 Å². The van der Waals surface area contributed by atoms with Crippen LogP contribution in [-0.2, 0) is 67.0 Å². The van der Waals surface area contributed by atoms with Crippen molar-refractivity contribution in [1.82, 2.24) is 0 Å². The van der Waals surface area contributed by atoms with Crippen LogP contribution in [0, 0.1) is 11.1 Å². The molecule has 0 saturated carbocycles. The second-order valence-electron chi connectivity index (χ2n) is 15.8. The number of aliphatic hydroxyl groups is 1. The third-order valence-corrected chi connectivity index (χ3v) is 11.3. The first-order chi connectivity index (χ1) is 31.7. The van der Waals surface area contributed by atoms with E-state index in [1.165, 1.54) is 12.1 Å². The van der Waals surface area contributed by atoms with E-state index >= 15 is 4.39 Å². The van der Waals surface area contributed by atoms with Gasteiger partial charge < -0.3 is 4.74 Å². The van der Waals surface area contributed by atoms with Crippen molar-refractivity contribution in [1.29, 1.82) is 5.31 Å². The Bertz CT molecular complexity index is 2320. The van der Waals surface area contributed by atoms with E-state index in [2.05, 4.69) is 0 Å². The third kappa shape index (κ3) is 12.1. The van der Waals surface area contributed by atoms with Crippen LogP contribution in [0.5, 0.6) is 17.2 Å². The van der Waals surface area contributed by atoms with Crippen LogP contribution in [0.2, 0.25) is 0 Å². The van der Waals surface area contributed by atoms with Gasteiger partial charge in [0.2, 0.25) is 0 Å². The average molecular weight is 884 g/mol. The Morgan fingerprint density at radius 2 is 1.12 bits per heavy atom. The van der Waals surface area contributed by atoms with E-state index in [1.54, 1.807) is 20.3 Å². The molecule has 1 heterocycles. The van der Waals surface area contributed by atoms with E-state index in [4.69, 9.17) is 47.9 Å². The SMILES string of the molecule is CCOc1ccc(Cc2cc(C3(O)OC(COCc4ccc(OC)cc4)(COCc4ccc(OC)cc4)[C@@H](OB=N)[C@H](OCc4ccccc4)C3OCc3ccccc3)ccc2F)cc1. The molecule has 338 valence electrons. The fourth-order valence-corrected chi connectivity index (χ4v) is 7.93. The molecule has 0 bridgehead atoms. The van der Waals surface area contributed by atoms with Crippen molar-refractivity contribution in [2.75, 3.05) is 34.0 Å². The number of hydrogen-bond donors (Lipinski definition) is 2. The fraction of sp³-hybridized carbons (Fsp3) is 0.308. The van der Waals surface area contributed by atoms with E-state index < -0.39 is 35.5 Å². The molecule has 65 heavy (non-hydrogen) atoms. The van der Waals surface area contributed by atoms with Gasteiger partial charge in [-0.25, -0.2) is 0 Å². The summed E-state index contributed by atoms with van der Waals surface area (Å²) in [5, 5.41) is 21.9. The van der Waals surface area contributed by atoms with Crippen LogP contribution in [0.25, 0.3) is 0 Å². The van der Waals surface area contributed by atoms with E-state index in [0.717, 1.165) is 35.1 Å². The normalized spacial score (nSPS) is 18.9. The third-order valence-electron chi connectivity index (χ3n) is 11.3. The molecule has 1 aliphatic rings. The minimum absolute atomic E-state index is 0.0366. The summed E-state index contributed by atoms with van der Waals surface area (Å²) in [7, 11) is 4.02. The van der Waals surface area contributed by atoms with E-state index in [9.17, 15) is 5.11 Å². The summed E-state index contributed by atoms with van der Waals surface area (Å²) < 4.78 is 72.3. The van der Waals surface area contributed by atoms with Crippen LogP contribution in [0.15, 0.2) is 152 Å². The minimum atomic E-state index is -2.35.